The fourth-order valence-electron chi connectivity index (χ4n) is 3.47. The van der Waals surface area contributed by atoms with Crippen LogP contribution in [0.3, 0.4) is 0 Å². The van der Waals surface area contributed by atoms with Crippen LogP contribution in [0.5, 0.6) is 0 Å². The number of Topliss-reactive ketones (excluding diaryl/α,β-unsaturated/α-hetero) is 1. The van der Waals surface area contributed by atoms with Crippen molar-refractivity contribution in [3.63, 3.8) is 0 Å². The van der Waals surface area contributed by atoms with Gasteiger partial charge in [-0.05, 0) is 24.2 Å². The average Bonchev–Trinajstić information content (AvgIpc) is 2.51. The first-order valence-electron chi connectivity index (χ1n) is 5.57. The molecule has 0 N–H and O–H groups in total. The van der Waals surface area contributed by atoms with Gasteiger partial charge in [-0.25, -0.2) is 0 Å². The Bertz CT molecular complexity index is 423. The van der Waals surface area contributed by atoms with E-state index in [0.717, 1.165) is 13.5 Å². The van der Waals surface area contributed by atoms with Crippen LogP contribution < -0.4 is 0 Å². The van der Waals surface area contributed by atoms with Gasteiger partial charge in [-0.1, -0.05) is 13.8 Å². The molecule has 0 aromatic carbocycles. The molecule has 4 nitrogen and oxygen atoms in total. The summed E-state index contributed by atoms with van der Waals surface area (Å²) in [6.07, 6.45) is 2.18. The molecule has 0 spiro atoms. The van der Waals surface area contributed by atoms with Crippen LogP contribution in [0.1, 0.15) is 33.1 Å². The SMILES string of the molecule is COS(=O)(=O)C[C@]12CC[C@@H](CC1=O)C2(C)C. The van der Waals surface area contributed by atoms with Crippen molar-refractivity contribution in [1.82, 2.24) is 0 Å². The molecule has 0 saturated heterocycles. The maximum absolute atomic E-state index is 12.0. The van der Waals surface area contributed by atoms with Crippen LogP contribution in [0.4, 0.5) is 0 Å². The highest BCUT2D eigenvalue weighted by Crippen LogP contribution is 2.64. The van der Waals surface area contributed by atoms with E-state index in [4.69, 9.17) is 0 Å². The first-order valence-corrected chi connectivity index (χ1v) is 7.14. The molecule has 0 aromatic rings. The molecule has 2 bridgehead atoms. The molecule has 16 heavy (non-hydrogen) atoms. The molecule has 0 unspecified atom stereocenters. The minimum absolute atomic E-state index is 0.106. The molecule has 2 fully saturated rings. The second-order valence-corrected chi connectivity index (χ2v) is 7.27. The fraction of sp³-hybridized carbons (Fsp3) is 0.909. The molecule has 2 saturated carbocycles. The smallest absolute Gasteiger partial charge is 0.268 e. The van der Waals surface area contributed by atoms with Gasteiger partial charge in [0.05, 0.1) is 18.3 Å². The van der Waals surface area contributed by atoms with E-state index < -0.39 is 15.5 Å². The second kappa shape index (κ2) is 3.29. The quantitative estimate of drug-likeness (QED) is 0.705. The van der Waals surface area contributed by atoms with Crippen molar-refractivity contribution in [3.8, 4) is 0 Å². The molecule has 0 radical (unpaired) electrons. The van der Waals surface area contributed by atoms with E-state index in [1.807, 2.05) is 13.8 Å². The maximum Gasteiger partial charge on any atom is 0.268 e. The molecule has 2 atom stereocenters. The summed E-state index contributed by atoms with van der Waals surface area (Å²) in [5.74, 6) is 0.292. The Kier molecular flexibility index (Phi) is 2.48. The number of hydrogen-bond donors (Lipinski definition) is 0. The minimum Gasteiger partial charge on any atom is -0.299 e. The summed E-state index contributed by atoms with van der Waals surface area (Å²) in [5.41, 5.74) is -0.914. The summed E-state index contributed by atoms with van der Waals surface area (Å²) >= 11 is 0. The Hall–Kier alpha value is -0.420. The van der Waals surface area contributed by atoms with Gasteiger partial charge in [0.25, 0.3) is 10.1 Å². The highest BCUT2D eigenvalue weighted by molar-refractivity contribution is 7.86. The third-order valence-electron chi connectivity index (χ3n) is 4.82. The summed E-state index contributed by atoms with van der Waals surface area (Å²) < 4.78 is 27.7. The van der Waals surface area contributed by atoms with Gasteiger partial charge in [-0.3, -0.25) is 8.98 Å². The lowest BCUT2D eigenvalue weighted by atomic mass is 9.70. The van der Waals surface area contributed by atoms with Crippen LogP contribution in [0, 0.1) is 16.7 Å². The van der Waals surface area contributed by atoms with Gasteiger partial charge >= 0.3 is 0 Å². The summed E-state index contributed by atoms with van der Waals surface area (Å²) in [5, 5.41) is 0. The predicted molar refractivity (Wildman–Crippen MR) is 59.4 cm³/mol. The molecule has 0 aliphatic heterocycles. The van der Waals surface area contributed by atoms with Crippen LogP contribution in [-0.2, 0) is 19.1 Å². The van der Waals surface area contributed by atoms with Crippen molar-refractivity contribution in [3.05, 3.63) is 0 Å². The fourth-order valence-corrected chi connectivity index (χ4v) is 4.87. The first kappa shape index (κ1) is 12.0. The van der Waals surface area contributed by atoms with Gasteiger partial charge < -0.3 is 0 Å². The van der Waals surface area contributed by atoms with Crippen molar-refractivity contribution in [2.75, 3.05) is 12.9 Å². The molecule has 0 heterocycles. The molecule has 2 rings (SSSR count). The lowest BCUT2D eigenvalue weighted by molar-refractivity contribution is -0.128. The topological polar surface area (TPSA) is 60.4 Å². The average molecular weight is 246 g/mol. The van der Waals surface area contributed by atoms with E-state index in [9.17, 15) is 13.2 Å². The first-order chi connectivity index (χ1) is 7.25. The predicted octanol–water partition coefficient (Wildman–Crippen LogP) is 1.36. The highest BCUT2D eigenvalue weighted by atomic mass is 32.2. The zero-order valence-corrected chi connectivity index (χ0v) is 10.8. The third kappa shape index (κ3) is 1.37. The summed E-state index contributed by atoms with van der Waals surface area (Å²) in [7, 11) is -2.41. The highest BCUT2D eigenvalue weighted by Gasteiger charge is 2.65. The number of rotatable bonds is 3. The zero-order valence-electron chi connectivity index (χ0n) is 9.95. The van der Waals surface area contributed by atoms with Crippen LogP contribution in [-0.4, -0.2) is 27.1 Å². The zero-order chi connectivity index (χ0) is 12.2. The van der Waals surface area contributed by atoms with Crippen molar-refractivity contribution < 1.29 is 17.4 Å². The van der Waals surface area contributed by atoms with E-state index in [1.165, 1.54) is 0 Å². The van der Waals surface area contributed by atoms with Gasteiger partial charge in [-0.2, -0.15) is 8.42 Å². The van der Waals surface area contributed by atoms with E-state index in [0.29, 0.717) is 18.8 Å². The molecule has 2 aliphatic carbocycles. The Labute approximate surface area is 96.5 Å². The van der Waals surface area contributed by atoms with E-state index in [1.54, 1.807) is 0 Å². The Morgan fingerprint density at radius 3 is 2.44 bits per heavy atom. The van der Waals surface area contributed by atoms with Gasteiger partial charge in [-0.15, -0.1) is 0 Å². The van der Waals surface area contributed by atoms with Gasteiger partial charge in [0.1, 0.15) is 5.78 Å². The van der Waals surface area contributed by atoms with Gasteiger partial charge in [0.15, 0.2) is 0 Å². The number of hydrogen-bond acceptors (Lipinski definition) is 4. The van der Waals surface area contributed by atoms with E-state index >= 15 is 0 Å². The molecular formula is C11H18O4S. The summed E-state index contributed by atoms with van der Waals surface area (Å²) in [6.45, 7) is 4.03. The van der Waals surface area contributed by atoms with Crippen molar-refractivity contribution in [2.45, 2.75) is 33.1 Å². The van der Waals surface area contributed by atoms with Crippen LogP contribution in [0.25, 0.3) is 0 Å². The normalized spacial score (nSPS) is 36.9. The Morgan fingerprint density at radius 2 is 2.06 bits per heavy atom. The molecule has 0 aromatic heterocycles. The standard InChI is InChI=1S/C11H18O4S/c1-10(2)8-4-5-11(10,9(12)6-8)7-16(13,14)15-3/h8H,4-7H2,1-3H3/t8-,11+/m0/s1. The van der Waals surface area contributed by atoms with Crippen LogP contribution >= 0.6 is 0 Å². The molecule has 2 aliphatic rings. The Balaban J connectivity index is 2.40. The van der Waals surface area contributed by atoms with Crippen molar-refractivity contribution >= 4 is 15.9 Å². The minimum atomic E-state index is -3.57. The van der Waals surface area contributed by atoms with Crippen LogP contribution in [0.15, 0.2) is 0 Å². The van der Waals surface area contributed by atoms with E-state index in [-0.39, 0.29) is 17.0 Å². The lowest BCUT2D eigenvalue weighted by Crippen LogP contribution is -2.42. The Morgan fingerprint density at radius 1 is 1.44 bits per heavy atom. The number of fused-ring (bicyclic) bond motifs is 2. The van der Waals surface area contributed by atoms with E-state index in [2.05, 4.69) is 4.18 Å². The molecule has 92 valence electrons. The number of carbonyl (C=O) groups is 1. The van der Waals surface area contributed by atoms with Gasteiger partial charge in [0.2, 0.25) is 0 Å². The molecular weight excluding hydrogens is 228 g/mol. The number of carbonyl (C=O) groups excluding carboxylic acids is 1. The second-order valence-electron chi connectivity index (χ2n) is 5.54. The largest absolute Gasteiger partial charge is 0.299 e. The van der Waals surface area contributed by atoms with Gasteiger partial charge in [0, 0.05) is 6.42 Å². The maximum atomic E-state index is 12.0. The van der Waals surface area contributed by atoms with Crippen LogP contribution in [0.2, 0.25) is 0 Å². The third-order valence-corrected chi connectivity index (χ3v) is 6.17. The van der Waals surface area contributed by atoms with Crippen molar-refractivity contribution in [2.24, 2.45) is 16.7 Å². The summed E-state index contributed by atoms with van der Waals surface area (Å²) in [4.78, 5) is 12.0. The lowest BCUT2D eigenvalue weighted by Gasteiger charge is -2.35. The summed E-state index contributed by atoms with van der Waals surface area (Å²) in [6, 6.07) is 0. The molecule has 5 heteroatoms. The van der Waals surface area contributed by atoms with Crippen molar-refractivity contribution in [1.29, 1.82) is 0 Å². The molecule has 0 amide bonds. The monoisotopic (exact) mass is 246 g/mol. The number of ketones is 1.